The third-order valence-corrected chi connectivity index (χ3v) is 5.74. The molecular weight excluding hydrogens is 358 g/mol. The van der Waals surface area contributed by atoms with Crippen LogP contribution in [0.1, 0.15) is 40.4 Å². The Kier molecular flexibility index (Phi) is 6.45. The second-order valence-corrected chi connectivity index (χ2v) is 7.98. The molecule has 0 unspecified atom stereocenters. The van der Waals surface area contributed by atoms with E-state index in [9.17, 15) is 4.79 Å². The Morgan fingerprint density at radius 1 is 1.19 bits per heavy atom. The lowest BCUT2D eigenvalue weighted by molar-refractivity contribution is -0.119. The maximum absolute atomic E-state index is 12.0. The molecule has 1 aromatic carbocycles. The Labute approximate surface area is 164 Å². The van der Waals surface area contributed by atoms with E-state index in [0.717, 1.165) is 47.3 Å². The SMILES string of the molecule is CN=C(NCc1ccc(N2CCCCC2=O)cc1)NCc1sc(C)nc1C. The number of aromatic nitrogens is 1. The van der Waals surface area contributed by atoms with Crippen LogP contribution in [0.5, 0.6) is 0 Å². The van der Waals surface area contributed by atoms with Crippen LogP contribution in [0, 0.1) is 13.8 Å². The number of thiazole rings is 1. The van der Waals surface area contributed by atoms with Gasteiger partial charge in [0.1, 0.15) is 0 Å². The highest BCUT2D eigenvalue weighted by Gasteiger charge is 2.19. The van der Waals surface area contributed by atoms with E-state index in [1.54, 1.807) is 18.4 Å². The van der Waals surface area contributed by atoms with Gasteiger partial charge in [-0.1, -0.05) is 12.1 Å². The summed E-state index contributed by atoms with van der Waals surface area (Å²) in [5.74, 6) is 0.987. The van der Waals surface area contributed by atoms with Gasteiger partial charge < -0.3 is 15.5 Å². The average molecular weight is 386 g/mol. The standard InChI is InChI=1S/C20H27N5OS/c1-14-18(27-15(2)24-14)13-23-20(21-3)22-12-16-7-9-17(10-8-16)25-11-5-4-6-19(25)26/h7-10H,4-6,11-13H2,1-3H3,(H2,21,22,23). The number of nitrogens with one attached hydrogen (secondary N) is 2. The smallest absolute Gasteiger partial charge is 0.226 e. The molecule has 0 radical (unpaired) electrons. The first-order chi connectivity index (χ1) is 13.1. The number of carbonyl (C=O) groups is 1. The van der Waals surface area contributed by atoms with Crippen molar-refractivity contribution < 1.29 is 4.79 Å². The van der Waals surface area contributed by atoms with Gasteiger partial charge in [-0.15, -0.1) is 11.3 Å². The van der Waals surface area contributed by atoms with Crippen LogP contribution in [0.15, 0.2) is 29.3 Å². The van der Waals surface area contributed by atoms with Crippen molar-refractivity contribution in [1.82, 2.24) is 15.6 Å². The van der Waals surface area contributed by atoms with Gasteiger partial charge in [0.25, 0.3) is 0 Å². The number of hydrogen-bond donors (Lipinski definition) is 2. The van der Waals surface area contributed by atoms with E-state index in [1.165, 1.54) is 4.88 Å². The van der Waals surface area contributed by atoms with Crippen LogP contribution >= 0.6 is 11.3 Å². The molecule has 0 atom stereocenters. The first-order valence-electron chi connectivity index (χ1n) is 9.33. The molecule has 0 saturated carbocycles. The van der Waals surface area contributed by atoms with Crippen molar-refractivity contribution >= 4 is 28.9 Å². The summed E-state index contributed by atoms with van der Waals surface area (Å²) in [4.78, 5) is 23.9. The number of anilines is 1. The minimum atomic E-state index is 0.227. The van der Waals surface area contributed by atoms with Gasteiger partial charge >= 0.3 is 0 Å². The summed E-state index contributed by atoms with van der Waals surface area (Å²) in [6, 6.07) is 8.18. The predicted molar refractivity (Wildman–Crippen MR) is 111 cm³/mol. The van der Waals surface area contributed by atoms with Gasteiger partial charge in [0, 0.05) is 37.1 Å². The Balaban J connectivity index is 1.52. The van der Waals surface area contributed by atoms with Crippen molar-refractivity contribution in [3.63, 3.8) is 0 Å². The van der Waals surface area contributed by atoms with E-state index in [0.29, 0.717) is 19.5 Å². The normalized spacial score (nSPS) is 15.1. The van der Waals surface area contributed by atoms with Crippen molar-refractivity contribution in [2.75, 3.05) is 18.5 Å². The number of aryl methyl sites for hydroxylation is 2. The Hall–Kier alpha value is -2.41. The number of amides is 1. The van der Waals surface area contributed by atoms with E-state index < -0.39 is 0 Å². The molecule has 1 aliphatic heterocycles. The third-order valence-electron chi connectivity index (χ3n) is 4.67. The minimum absolute atomic E-state index is 0.227. The molecule has 27 heavy (non-hydrogen) atoms. The lowest BCUT2D eigenvalue weighted by Crippen LogP contribution is -2.36. The van der Waals surface area contributed by atoms with Gasteiger partial charge in [0.2, 0.25) is 5.91 Å². The topological polar surface area (TPSA) is 69.6 Å². The monoisotopic (exact) mass is 385 g/mol. The minimum Gasteiger partial charge on any atom is -0.352 e. The van der Waals surface area contributed by atoms with Crippen LogP contribution in [0.2, 0.25) is 0 Å². The fourth-order valence-electron chi connectivity index (χ4n) is 3.18. The largest absolute Gasteiger partial charge is 0.352 e. The molecule has 0 aliphatic carbocycles. The second kappa shape index (κ2) is 8.99. The van der Waals surface area contributed by atoms with Gasteiger partial charge in [-0.3, -0.25) is 9.79 Å². The highest BCUT2D eigenvalue weighted by molar-refractivity contribution is 7.11. The molecule has 6 nitrogen and oxygen atoms in total. The van der Waals surface area contributed by atoms with Gasteiger partial charge in [0.05, 0.1) is 17.2 Å². The molecule has 7 heteroatoms. The molecule has 1 saturated heterocycles. The number of nitrogens with zero attached hydrogens (tertiary/aromatic N) is 3. The molecular formula is C20H27N5OS. The van der Waals surface area contributed by atoms with Crippen molar-refractivity contribution in [2.24, 2.45) is 4.99 Å². The summed E-state index contributed by atoms with van der Waals surface area (Å²) < 4.78 is 0. The molecule has 144 valence electrons. The summed E-state index contributed by atoms with van der Waals surface area (Å²) in [6.07, 6.45) is 2.74. The van der Waals surface area contributed by atoms with E-state index in [1.807, 2.05) is 30.9 Å². The van der Waals surface area contributed by atoms with Gasteiger partial charge in [-0.25, -0.2) is 4.98 Å². The highest BCUT2D eigenvalue weighted by atomic mass is 32.1. The zero-order chi connectivity index (χ0) is 19.2. The van der Waals surface area contributed by atoms with Gasteiger partial charge in [0.15, 0.2) is 5.96 Å². The van der Waals surface area contributed by atoms with Crippen LogP contribution in [-0.4, -0.2) is 30.4 Å². The van der Waals surface area contributed by atoms with E-state index >= 15 is 0 Å². The van der Waals surface area contributed by atoms with Gasteiger partial charge in [-0.05, 0) is 44.4 Å². The zero-order valence-corrected chi connectivity index (χ0v) is 17.0. The lowest BCUT2D eigenvalue weighted by Gasteiger charge is -2.26. The number of rotatable bonds is 5. The molecule has 0 spiro atoms. The Morgan fingerprint density at radius 3 is 2.56 bits per heavy atom. The van der Waals surface area contributed by atoms with Crippen molar-refractivity contribution in [1.29, 1.82) is 0 Å². The molecule has 1 fully saturated rings. The highest BCUT2D eigenvalue weighted by Crippen LogP contribution is 2.21. The fourth-order valence-corrected chi connectivity index (χ4v) is 4.06. The van der Waals surface area contributed by atoms with Crippen LogP contribution in [-0.2, 0) is 17.9 Å². The van der Waals surface area contributed by atoms with Crippen LogP contribution in [0.25, 0.3) is 0 Å². The van der Waals surface area contributed by atoms with Crippen LogP contribution < -0.4 is 15.5 Å². The number of benzene rings is 1. The van der Waals surface area contributed by atoms with Crippen LogP contribution in [0.3, 0.4) is 0 Å². The zero-order valence-electron chi connectivity index (χ0n) is 16.2. The quantitative estimate of drug-likeness (QED) is 0.613. The first kappa shape index (κ1) is 19.4. The molecule has 0 bridgehead atoms. The Morgan fingerprint density at radius 2 is 1.93 bits per heavy atom. The molecule has 2 aromatic rings. The number of carbonyl (C=O) groups excluding carboxylic acids is 1. The van der Waals surface area contributed by atoms with Gasteiger partial charge in [-0.2, -0.15) is 0 Å². The average Bonchev–Trinajstić information content (AvgIpc) is 3.00. The predicted octanol–water partition coefficient (Wildman–Crippen LogP) is 3.14. The maximum atomic E-state index is 12.0. The number of aliphatic imine (C=N–C) groups is 1. The third kappa shape index (κ3) is 5.07. The van der Waals surface area contributed by atoms with Crippen molar-refractivity contribution in [3.8, 4) is 0 Å². The van der Waals surface area contributed by atoms with Crippen molar-refractivity contribution in [2.45, 2.75) is 46.2 Å². The number of hydrogen-bond acceptors (Lipinski definition) is 4. The molecule has 1 amide bonds. The van der Waals surface area contributed by atoms with E-state index in [-0.39, 0.29) is 5.91 Å². The van der Waals surface area contributed by atoms with Crippen LogP contribution in [0.4, 0.5) is 5.69 Å². The molecule has 1 aliphatic rings. The second-order valence-electron chi connectivity index (χ2n) is 6.69. The van der Waals surface area contributed by atoms with E-state index in [2.05, 4.69) is 32.7 Å². The summed E-state index contributed by atoms with van der Waals surface area (Å²) >= 11 is 1.71. The summed E-state index contributed by atoms with van der Waals surface area (Å²) in [5, 5.41) is 7.75. The lowest BCUT2D eigenvalue weighted by atomic mass is 10.1. The number of piperidine rings is 1. The molecule has 1 aromatic heterocycles. The fraction of sp³-hybridized carbons (Fsp3) is 0.450. The summed E-state index contributed by atoms with van der Waals surface area (Å²) in [6.45, 7) is 6.27. The molecule has 3 rings (SSSR count). The van der Waals surface area contributed by atoms with E-state index in [4.69, 9.17) is 0 Å². The molecule has 2 heterocycles. The molecule has 2 N–H and O–H groups in total. The number of guanidine groups is 1. The Bertz CT molecular complexity index is 812. The summed E-state index contributed by atoms with van der Waals surface area (Å²) in [5.41, 5.74) is 3.21. The summed E-state index contributed by atoms with van der Waals surface area (Å²) in [7, 11) is 1.77. The van der Waals surface area contributed by atoms with Crippen molar-refractivity contribution in [3.05, 3.63) is 45.4 Å². The maximum Gasteiger partial charge on any atom is 0.226 e. The first-order valence-corrected chi connectivity index (χ1v) is 10.1.